The number of nitrogens with zero attached hydrogens (tertiary/aromatic N) is 3. The molecule has 8 nitrogen and oxygen atoms in total. The Bertz CT molecular complexity index is 989. The van der Waals surface area contributed by atoms with Gasteiger partial charge in [0.05, 0.1) is 24.4 Å². The van der Waals surface area contributed by atoms with Crippen molar-refractivity contribution in [2.45, 2.75) is 58.2 Å². The number of hydrogen-bond acceptors (Lipinski definition) is 5. The van der Waals surface area contributed by atoms with Crippen LogP contribution >= 0.6 is 0 Å². The summed E-state index contributed by atoms with van der Waals surface area (Å²) in [6.45, 7) is 7.18. The summed E-state index contributed by atoms with van der Waals surface area (Å²) < 4.78 is 20.7. The molecule has 2 aromatic rings. The van der Waals surface area contributed by atoms with Crippen molar-refractivity contribution in [3.63, 3.8) is 0 Å². The van der Waals surface area contributed by atoms with Crippen LogP contribution in [0.25, 0.3) is 5.69 Å². The molecule has 2 aliphatic heterocycles. The Morgan fingerprint density at radius 1 is 1.26 bits per heavy atom. The third-order valence-corrected chi connectivity index (χ3v) is 6.03. The summed E-state index contributed by atoms with van der Waals surface area (Å²) in [7, 11) is 1.86. The van der Waals surface area contributed by atoms with E-state index in [0.717, 1.165) is 17.8 Å². The molecule has 4 rings (SSSR count). The lowest BCUT2D eigenvalue weighted by Crippen LogP contribution is -2.44. The normalized spacial score (nSPS) is 22.7. The van der Waals surface area contributed by atoms with E-state index in [2.05, 4.69) is 0 Å². The molecule has 1 amide bonds. The third-order valence-electron chi connectivity index (χ3n) is 6.03. The van der Waals surface area contributed by atoms with Crippen molar-refractivity contribution in [3.8, 4) is 5.69 Å². The lowest BCUT2D eigenvalue weighted by Gasteiger charge is -2.27. The van der Waals surface area contributed by atoms with Gasteiger partial charge in [-0.3, -0.25) is 14.3 Å². The van der Waals surface area contributed by atoms with Gasteiger partial charge in [-0.1, -0.05) is 18.2 Å². The van der Waals surface area contributed by atoms with E-state index < -0.39 is 11.9 Å². The molecular weight excluding hydrogens is 398 g/mol. The molecule has 2 aliphatic rings. The van der Waals surface area contributed by atoms with Gasteiger partial charge >= 0.3 is 0 Å². The second kappa shape index (κ2) is 8.61. The van der Waals surface area contributed by atoms with Crippen LogP contribution in [0.15, 0.2) is 35.1 Å². The first-order chi connectivity index (χ1) is 14.8. The predicted octanol–water partition coefficient (Wildman–Crippen LogP) is 2.14. The minimum absolute atomic E-state index is 0.0975. The zero-order valence-electron chi connectivity index (χ0n) is 18.7. The van der Waals surface area contributed by atoms with Gasteiger partial charge in [0, 0.05) is 25.9 Å². The van der Waals surface area contributed by atoms with Gasteiger partial charge in [-0.2, -0.15) is 0 Å². The highest BCUT2D eigenvalue weighted by Gasteiger charge is 2.37. The standard InChI is InChI=1S/C23H31N3O5/c1-16-19(21(27)26(24(16)4)17-9-6-5-7-10-17)14-25(22(28)20-11-8-12-29-20)13-18-15-30-23(2,3)31-18/h5-7,9-10,18,20H,8,11-15H2,1-4H3/t18-,20-/m0/s1. The number of amides is 1. The van der Waals surface area contributed by atoms with E-state index in [1.807, 2.05) is 62.8 Å². The number of para-hydroxylation sites is 1. The van der Waals surface area contributed by atoms with E-state index in [-0.39, 0.29) is 24.1 Å². The van der Waals surface area contributed by atoms with Crippen molar-refractivity contribution >= 4 is 5.91 Å². The topological polar surface area (TPSA) is 74.9 Å². The van der Waals surface area contributed by atoms with Crippen molar-refractivity contribution < 1.29 is 19.0 Å². The summed E-state index contributed by atoms with van der Waals surface area (Å²) in [6, 6.07) is 9.50. The molecule has 2 saturated heterocycles. The van der Waals surface area contributed by atoms with E-state index in [4.69, 9.17) is 14.2 Å². The quantitative estimate of drug-likeness (QED) is 0.703. The monoisotopic (exact) mass is 429 g/mol. The smallest absolute Gasteiger partial charge is 0.276 e. The van der Waals surface area contributed by atoms with Gasteiger partial charge < -0.3 is 19.1 Å². The van der Waals surface area contributed by atoms with Crippen LogP contribution in [0.2, 0.25) is 0 Å². The van der Waals surface area contributed by atoms with Gasteiger partial charge in [-0.25, -0.2) is 4.68 Å². The van der Waals surface area contributed by atoms with Gasteiger partial charge in [0.15, 0.2) is 5.79 Å². The molecule has 0 spiro atoms. The van der Waals surface area contributed by atoms with E-state index >= 15 is 0 Å². The minimum atomic E-state index is -0.675. The molecule has 3 heterocycles. The minimum Gasteiger partial charge on any atom is -0.368 e. The average molecular weight is 430 g/mol. The van der Waals surface area contributed by atoms with Crippen molar-refractivity contribution in [3.05, 3.63) is 51.9 Å². The fraction of sp³-hybridized carbons (Fsp3) is 0.565. The van der Waals surface area contributed by atoms with Gasteiger partial charge in [0.25, 0.3) is 11.5 Å². The Labute approximate surface area is 182 Å². The van der Waals surface area contributed by atoms with Crippen LogP contribution in [-0.2, 0) is 32.6 Å². The number of benzene rings is 1. The first-order valence-electron chi connectivity index (χ1n) is 10.8. The largest absolute Gasteiger partial charge is 0.368 e. The molecule has 31 heavy (non-hydrogen) atoms. The Kier molecular flexibility index (Phi) is 6.05. The summed E-state index contributed by atoms with van der Waals surface area (Å²) in [4.78, 5) is 28.3. The molecular formula is C23H31N3O5. The zero-order chi connectivity index (χ0) is 22.2. The number of hydrogen-bond donors (Lipinski definition) is 0. The van der Waals surface area contributed by atoms with Crippen molar-refractivity contribution in [2.24, 2.45) is 7.05 Å². The molecule has 1 aromatic heterocycles. The molecule has 0 N–H and O–H groups in total. The summed E-state index contributed by atoms with van der Waals surface area (Å²) in [5.74, 6) is -0.772. The molecule has 0 bridgehead atoms. The highest BCUT2D eigenvalue weighted by Crippen LogP contribution is 2.25. The first-order valence-corrected chi connectivity index (χ1v) is 10.8. The predicted molar refractivity (Wildman–Crippen MR) is 115 cm³/mol. The molecule has 0 aliphatic carbocycles. The number of rotatable bonds is 6. The highest BCUT2D eigenvalue weighted by atomic mass is 16.7. The molecule has 2 fully saturated rings. The fourth-order valence-corrected chi connectivity index (χ4v) is 4.30. The van der Waals surface area contributed by atoms with Gasteiger partial charge in [-0.05, 0) is 45.7 Å². The lowest BCUT2D eigenvalue weighted by molar-refractivity contribution is -0.151. The maximum absolute atomic E-state index is 13.3. The van der Waals surface area contributed by atoms with Crippen molar-refractivity contribution in [2.75, 3.05) is 19.8 Å². The molecule has 168 valence electrons. The van der Waals surface area contributed by atoms with E-state index in [0.29, 0.717) is 31.7 Å². The molecule has 1 aromatic carbocycles. The Balaban J connectivity index is 1.63. The molecule has 0 unspecified atom stereocenters. The second-order valence-corrected chi connectivity index (χ2v) is 8.71. The number of carbonyl (C=O) groups is 1. The number of aromatic nitrogens is 2. The summed E-state index contributed by atoms with van der Waals surface area (Å²) >= 11 is 0. The van der Waals surface area contributed by atoms with E-state index in [1.165, 1.54) is 0 Å². The maximum atomic E-state index is 13.3. The SMILES string of the molecule is Cc1c(CN(C[C@H]2COC(C)(C)O2)C(=O)[C@@H]2CCCO2)c(=O)n(-c2ccccc2)n1C. The van der Waals surface area contributed by atoms with Crippen LogP contribution in [-0.4, -0.2) is 57.9 Å². The molecule has 0 saturated carbocycles. The second-order valence-electron chi connectivity index (χ2n) is 8.71. The number of carbonyl (C=O) groups excluding carboxylic acids is 1. The van der Waals surface area contributed by atoms with Crippen molar-refractivity contribution in [1.82, 2.24) is 14.3 Å². The van der Waals surface area contributed by atoms with Gasteiger partial charge in [0.2, 0.25) is 0 Å². The summed E-state index contributed by atoms with van der Waals surface area (Å²) in [6.07, 6.45) is 0.854. The van der Waals surface area contributed by atoms with Crippen LogP contribution in [0.1, 0.15) is 37.9 Å². The van der Waals surface area contributed by atoms with E-state index in [9.17, 15) is 9.59 Å². The molecule has 0 radical (unpaired) electrons. The van der Waals surface area contributed by atoms with Gasteiger partial charge in [-0.15, -0.1) is 0 Å². The Morgan fingerprint density at radius 2 is 2.00 bits per heavy atom. The summed E-state index contributed by atoms with van der Waals surface area (Å²) in [5.41, 5.74) is 2.08. The Hall–Kier alpha value is -2.42. The third kappa shape index (κ3) is 4.46. The Morgan fingerprint density at radius 3 is 2.61 bits per heavy atom. The van der Waals surface area contributed by atoms with Crippen LogP contribution in [0.5, 0.6) is 0 Å². The zero-order valence-corrected chi connectivity index (χ0v) is 18.7. The lowest BCUT2D eigenvalue weighted by atomic mass is 10.1. The average Bonchev–Trinajstić information content (AvgIpc) is 3.44. The number of ether oxygens (including phenoxy) is 3. The van der Waals surface area contributed by atoms with Crippen LogP contribution in [0.4, 0.5) is 0 Å². The van der Waals surface area contributed by atoms with Crippen molar-refractivity contribution in [1.29, 1.82) is 0 Å². The van der Waals surface area contributed by atoms with Gasteiger partial charge in [0.1, 0.15) is 12.2 Å². The van der Waals surface area contributed by atoms with Crippen LogP contribution in [0.3, 0.4) is 0 Å². The van der Waals surface area contributed by atoms with Crippen LogP contribution in [0, 0.1) is 6.92 Å². The fourth-order valence-electron chi connectivity index (χ4n) is 4.30. The van der Waals surface area contributed by atoms with E-state index in [1.54, 1.807) is 9.58 Å². The van der Waals surface area contributed by atoms with Crippen LogP contribution < -0.4 is 5.56 Å². The molecule has 2 atom stereocenters. The maximum Gasteiger partial charge on any atom is 0.276 e. The first kappa shape index (κ1) is 21.8. The summed E-state index contributed by atoms with van der Waals surface area (Å²) in [5, 5.41) is 0. The molecule has 8 heteroatoms. The highest BCUT2D eigenvalue weighted by molar-refractivity contribution is 5.81.